The van der Waals surface area contributed by atoms with Crippen molar-refractivity contribution in [1.82, 2.24) is 10.0 Å². The van der Waals surface area contributed by atoms with Crippen molar-refractivity contribution in [2.45, 2.75) is 72.8 Å². The predicted octanol–water partition coefficient (Wildman–Crippen LogP) is 2.45. The van der Waals surface area contributed by atoms with Crippen molar-refractivity contribution < 1.29 is 41.2 Å². The summed E-state index contributed by atoms with van der Waals surface area (Å²) < 4.78 is 47.5. The highest BCUT2D eigenvalue weighted by atomic mass is 32.2. The molecule has 0 heterocycles. The maximum Gasteiger partial charge on any atom is 0.408 e. The average molecular weight is 517 g/mol. The molecule has 0 unspecified atom stereocenters. The standard InChI is InChI=1S/C23H36N2O9S/c1-8-31-20(27)23(6,7)15-33-35(29,30)25-16(2)18(19(26)34-22(3,4)5)24-21(28)32-14-17-12-10-9-11-13-17/h9-13,16,18,25H,8,14-15H2,1-7H3,(H,24,28)/t16-,18+/m1/s1. The van der Waals surface area contributed by atoms with E-state index in [9.17, 15) is 22.8 Å². The Bertz CT molecular complexity index is 957. The Hall–Kier alpha value is -2.70. The fraction of sp³-hybridized carbons (Fsp3) is 0.609. The molecule has 11 nitrogen and oxygen atoms in total. The first-order valence-corrected chi connectivity index (χ1v) is 12.5. The van der Waals surface area contributed by atoms with E-state index < -0.39 is 58.0 Å². The first-order valence-electron chi connectivity index (χ1n) is 11.1. The summed E-state index contributed by atoms with van der Waals surface area (Å²) in [5.74, 6) is -1.51. The van der Waals surface area contributed by atoms with Gasteiger partial charge in [-0.25, -0.2) is 9.59 Å². The molecule has 0 saturated carbocycles. The second-order valence-corrected chi connectivity index (χ2v) is 10.8. The second kappa shape index (κ2) is 12.8. The molecule has 2 atom stereocenters. The van der Waals surface area contributed by atoms with Crippen LogP contribution in [-0.4, -0.2) is 57.3 Å². The molecular weight excluding hydrogens is 480 g/mol. The van der Waals surface area contributed by atoms with Crippen molar-refractivity contribution in [3.05, 3.63) is 35.9 Å². The van der Waals surface area contributed by atoms with E-state index in [0.29, 0.717) is 0 Å². The maximum absolute atomic E-state index is 12.7. The lowest BCUT2D eigenvalue weighted by atomic mass is 9.95. The topological polar surface area (TPSA) is 146 Å². The number of ether oxygens (including phenoxy) is 3. The van der Waals surface area contributed by atoms with Gasteiger partial charge in [0, 0.05) is 0 Å². The number of benzene rings is 1. The van der Waals surface area contributed by atoms with Gasteiger partial charge in [0.15, 0.2) is 0 Å². The third kappa shape index (κ3) is 11.5. The molecule has 35 heavy (non-hydrogen) atoms. The Morgan fingerprint density at radius 1 is 1.00 bits per heavy atom. The summed E-state index contributed by atoms with van der Waals surface area (Å²) in [5, 5.41) is 2.35. The maximum atomic E-state index is 12.7. The van der Waals surface area contributed by atoms with Crippen molar-refractivity contribution >= 4 is 28.3 Å². The van der Waals surface area contributed by atoms with Gasteiger partial charge in [0.1, 0.15) is 18.2 Å². The van der Waals surface area contributed by atoms with E-state index in [1.807, 2.05) is 6.07 Å². The summed E-state index contributed by atoms with van der Waals surface area (Å²) in [6, 6.07) is 6.25. The highest BCUT2D eigenvalue weighted by molar-refractivity contribution is 7.84. The summed E-state index contributed by atoms with van der Waals surface area (Å²) in [7, 11) is -4.43. The van der Waals surface area contributed by atoms with E-state index in [1.54, 1.807) is 52.0 Å². The second-order valence-electron chi connectivity index (χ2n) is 9.44. The third-order valence-corrected chi connectivity index (χ3v) is 5.47. The summed E-state index contributed by atoms with van der Waals surface area (Å²) in [6.07, 6.45) is -0.944. The van der Waals surface area contributed by atoms with Gasteiger partial charge in [0.2, 0.25) is 0 Å². The minimum atomic E-state index is -4.43. The number of nitrogens with one attached hydrogen (secondary N) is 2. The molecule has 0 spiro atoms. The van der Waals surface area contributed by atoms with Gasteiger partial charge in [0.05, 0.1) is 24.7 Å². The SMILES string of the molecule is CCOC(=O)C(C)(C)COS(=O)(=O)N[C@H](C)[C@H](NC(=O)OCc1ccccc1)C(=O)OC(C)(C)C. The van der Waals surface area contributed by atoms with Crippen LogP contribution >= 0.6 is 0 Å². The summed E-state index contributed by atoms with van der Waals surface area (Å²) >= 11 is 0. The van der Waals surface area contributed by atoms with Gasteiger partial charge in [0.25, 0.3) is 0 Å². The number of hydrogen-bond acceptors (Lipinski definition) is 9. The minimum Gasteiger partial charge on any atom is -0.466 e. The molecule has 0 saturated heterocycles. The molecule has 1 amide bonds. The van der Waals surface area contributed by atoms with Gasteiger partial charge in [-0.2, -0.15) is 13.1 Å². The zero-order valence-electron chi connectivity index (χ0n) is 21.2. The number of hydrogen-bond donors (Lipinski definition) is 2. The molecule has 0 radical (unpaired) electrons. The number of amides is 1. The molecular formula is C23H36N2O9S. The summed E-state index contributed by atoms with van der Waals surface area (Å²) in [5.41, 5.74) is -1.41. The highest BCUT2D eigenvalue weighted by Crippen LogP contribution is 2.19. The van der Waals surface area contributed by atoms with E-state index in [-0.39, 0.29) is 13.2 Å². The van der Waals surface area contributed by atoms with Crippen molar-refractivity contribution in [2.24, 2.45) is 5.41 Å². The molecule has 0 fully saturated rings. The monoisotopic (exact) mass is 516 g/mol. The Morgan fingerprint density at radius 2 is 1.60 bits per heavy atom. The van der Waals surface area contributed by atoms with Crippen molar-refractivity contribution in [3.8, 4) is 0 Å². The predicted molar refractivity (Wildman–Crippen MR) is 127 cm³/mol. The van der Waals surface area contributed by atoms with E-state index in [1.165, 1.54) is 20.8 Å². The van der Waals surface area contributed by atoms with Gasteiger partial charge in [-0.1, -0.05) is 30.3 Å². The molecule has 12 heteroatoms. The number of rotatable bonds is 12. The van der Waals surface area contributed by atoms with Crippen LogP contribution in [0.5, 0.6) is 0 Å². The lowest BCUT2D eigenvalue weighted by Crippen LogP contribution is -2.56. The van der Waals surface area contributed by atoms with Crippen LogP contribution in [-0.2, 0) is 44.9 Å². The molecule has 1 rings (SSSR count). The van der Waals surface area contributed by atoms with Crippen LogP contribution in [0, 0.1) is 5.41 Å². The highest BCUT2D eigenvalue weighted by Gasteiger charge is 2.36. The molecule has 198 valence electrons. The van der Waals surface area contributed by atoms with Crippen molar-refractivity contribution in [3.63, 3.8) is 0 Å². The molecule has 1 aromatic carbocycles. The quantitative estimate of drug-likeness (QED) is 0.316. The molecule has 0 aromatic heterocycles. The van der Waals surface area contributed by atoms with Crippen LogP contribution in [0.15, 0.2) is 30.3 Å². The Labute approximate surface area is 207 Å². The normalized spacial score (nSPS) is 13.9. The zero-order chi connectivity index (χ0) is 26.9. The van der Waals surface area contributed by atoms with Gasteiger partial charge in [-0.3, -0.25) is 8.98 Å². The van der Waals surface area contributed by atoms with Crippen molar-refractivity contribution in [1.29, 1.82) is 0 Å². The Balaban J connectivity index is 2.89. The molecule has 1 aromatic rings. The van der Waals surface area contributed by atoms with Crippen LogP contribution in [0.3, 0.4) is 0 Å². The molecule has 0 aliphatic heterocycles. The fourth-order valence-electron chi connectivity index (χ4n) is 2.59. The van der Waals surface area contributed by atoms with E-state index >= 15 is 0 Å². The lowest BCUT2D eigenvalue weighted by Gasteiger charge is -2.28. The van der Waals surface area contributed by atoms with Crippen LogP contribution < -0.4 is 10.0 Å². The average Bonchev–Trinajstić information content (AvgIpc) is 2.74. The fourth-order valence-corrected chi connectivity index (χ4v) is 3.69. The van der Waals surface area contributed by atoms with E-state index in [2.05, 4.69) is 10.0 Å². The smallest absolute Gasteiger partial charge is 0.408 e. The summed E-state index contributed by atoms with van der Waals surface area (Å²) in [6.45, 7) is 10.4. The molecule has 0 bridgehead atoms. The minimum absolute atomic E-state index is 0.0557. The van der Waals surface area contributed by atoms with Gasteiger partial charge in [-0.15, -0.1) is 0 Å². The van der Waals surface area contributed by atoms with E-state index in [4.69, 9.17) is 18.4 Å². The third-order valence-electron chi connectivity index (χ3n) is 4.38. The number of carbonyl (C=O) groups excluding carboxylic acids is 3. The van der Waals surface area contributed by atoms with Gasteiger partial charge in [-0.05, 0) is 54.0 Å². The summed E-state index contributed by atoms with van der Waals surface area (Å²) in [4.78, 5) is 37.1. The van der Waals surface area contributed by atoms with Crippen LogP contribution in [0.25, 0.3) is 0 Å². The first-order chi connectivity index (χ1) is 16.1. The number of carbonyl (C=O) groups is 3. The number of esters is 2. The van der Waals surface area contributed by atoms with Gasteiger partial charge >= 0.3 is 28.3 Å². The first kappa shape index (κ1) is 30.3. The Morgan fingerprint density at radius 3 is 2.14 bits per heavy atom. The zero-order valence-corrected chi connectivity index (χ0v) is 22.1. The lowest BCUT2D eigenvalue weighted by molar-refractivity contribution is -0.158. The van der Waals surface area contributed by atoms with Gasteiger partial charge < -0.3 is 19.5 Å². The van der Waals surface area contributed by atoms with Crippen LogP contribution in [0.1, 0.15) is 54.0 Å². The van der Waals surface area contributed by atoms with Crippen LogP contribution in [0.4, 0.5) is 4.79 Å². The van der Waals surface area contributed by atoms with E-state index in [0.717, 1.165) is 5.56 Å². The Kier molecular flexibility index (Phi) is 11.1. The molecule has 0 aliphatic carbocycles. The molecule has 0 aliphatic rings. The van der Waals surface area contributed by atoms with Crippen LogP contribution in [0.2, 0.25) is 0 Å². The van der Waals surface area contributed by atoms with Crippen molar-refractivity contribution in [2.75, 3.05) is 13.2 Å². The largest absolute Gasteiger partial charge is 0.466 e. The molecule has 2 N–H and O–H groups in total. The number of alkyl carbamates (subject to hydrolysis) is 1.